The SMILES string of the molecule is O=C(NN=Cc1ccc(Cl)cc1)c1ncc(C(F)(F)F)cc1Cl. The van der Waals surface area contributed by atoms with Crippen molar-refractivity contribution < 1.29 is 18.0 Å². The molecule has 0 fully saturated rings. The highest BCUT2D eigenvalue weighted by molar-refractivity contribution is 6.33. The van der Waals surface area contributed by atoms with Crippen molar-refractivity contribution >= 4 is 35.3 Å². The first-order valence-electron chi connectivity index (χ1n) is 6.09. The molecule has 0 aliphatic rings. The van der Waals surface area contributed by atoms with Crippen LogP contribution in [0.1, 0.15) is 21.6 Å². The fourth-order valence-electron chi connectivity index (χ4n) is 1.53. The van der Waals surface area contributed by atoms with Gasteiger partial charge in [-0.2, -0.15) is 18.3 Å². The van der Waals surface area contributed by atoms with Crippen LogP contribution in [0.4, 0.5) is 13.2 Å². The van der Waals surface area contributed by atoms with Crippen molar-refractivity contribution in [1.82, 2.24) is 10.4 Å². The van der Waals surface area contributed by atoms with Gasteiger partial charge in [0.15, 0.2) is 0 Å². The van der Waals surface area contributed by atoms with Gasteiger partial charge < -0.3 is 0 Å². The topological polar surface area (TPSA) is 54.4 Å². The van der Waals surface area contributed by atoms with Gasteiger partial charge in [-0.3, -0.25) is 4.79 Å². The van der Waals surface area contributed by atoms with Gasteiger partial charge in [-0.15, -0.1) is 0 Å². The summed E-state index contributed by atoms with van der Waals surface area (Å²) >= 11 is 11.4. The van der Waals surface area contributed by atoms with Gasteiger partial charge in [0.05, 0.1) is 16.8 Å². The fraction of sp³-hybridized carbons (Fsp3) is 0.0714. The average molecular weight is 362 g/mol. The third-order valence-corrected chi connectivity index (χ3v) is 3.17. The highest BCUT2D eigenvalue weighted by Gasteiger charge is 2.32. The molecule has 1 aromatic heterocycles. The van der Waals surface area contributed by atoms with E-state index in [0.717, 1.165) is 0 Å². The lowest BCUT2D eigenvalue weighted by atomic mass is 10.2. The highest BCUT2D eigenvalue weighted by atomic mass is 35.5. The predicted molar refractivity (Wildman–Crippen MR) is 80.8 cm³/mol. The summed E-state index contributed by atoms with van der Waals surface area (Å²) in [4.78, 5) is 15.2. The number of benzene rings is 1. The Hall–Kier alpha value is -2.12. The summed E-state index contributed by atoms with van der Waals surface area (Å²) in [7, 11) is 0. The van der Waals surface area contributed by atoms with Crippen molar-refractivity contribution in [3.05, 3.63) is 63.4 Å². The van der Waals surface area contributed by atoms with Gasteiger partial charge in [0.1, 0.15) is 5.69 Å². The summed E-state index contributed by atoms with van der Waals surface area (Å²) in [5.41, 5.74) is 1.41. The van der Waals surface area contributed by atoms with Gasteiger partial charge in [-0.1, -0.05) is 35.3 Å². The van der Waals surface area contributed by atoms with Gasteiger partial charge in [0, 0.05) is 11.2 Å². The standard InChI is InChI=1S/C14H8Cl2F3N3O/c15-10-3-1-8(2-4-10)6-21-22-13(23)12-11(16)5-9(7-20-12)14(17,18)19/h1-7H,(H,22,23). The number of halogens is 5. The molecule has 0 spiro atoms. The van der Waals surface area contributed by atoms with Crippen LogP contribution in [0, 0.1) is 0 Å². The minimum absolute atomic E-state index is 0.354. The molecule has 0 saturated carbocycles. The zero-order chi connectivity index (χ0) is 17.0. The van der Waals surface area contributed by atoms with E-state index in [1.165, 1.54) is 6.21 Å². The number of nitrogens with one attached hydrogen (secondary N) is 1. The Balaban J connectivity index is 2.07. The van der Waals surface area contributed by atoms with Crippen LogP contribution in [-0.2, 0) is 6.18 Å². The van der Waals surface area contributed by atoms with E-state index in [4.69, 9.17) is 23.2 Å². The van der Waals surface area contributed by atoms with E-state index in [9.17, 15) is 18.0 Å². The molecule has 0 bridgehead atoms. The lowest BCUT2D eigenvalue weighted by molar-refractivity contribution is -0.137. The zero-order valence-corrected chi connectivity index (χ0v) is 12.7. The van der Waals surface area contributed by atoms with Crippen LogP contribution in [-0.4, -0.2) is 17.1 Å². The Kier molecular flexibility index (Phi) is 5.23. The van der Waals surface area contributed by atoms with Crippen LogP contribution in [0.3, 0.4) is 0 Å². The molecule has 0 unspecified atom stereocenters. The number of carbonyl (C=O) groups excluding carboxylic acids is 1. The maximum Gasteiger partial charge on any atom is 0.417 e. The number of pyridine rings is 1. The fourth-order valence-corrected chi connectivity index (χ4v) is 1.91. The Morgan fingerprint density at radius 1 is 1.22 bits per heavy atom. The van der Waals surface area contributed by atoms with E-state index in [1.807, 2.05) is 0 Å². The van der Waals surface area contributed by atoms with E-state index in [2.05, 4.69) is 15.5 Å². The van der Waals surface area contributed by atoms with Crippen molar-refractivity contribution in [2.24, 2.45) is 5.10 Å². The van der Waals surface area contributed by atoms with Gasteiger partial charge in [0.2, 0.25) is 0 Å². The summed E-state index contributed by atoms with van der Waals surface area (Å²) < 4.78 is 37.5. The Morgan fingerprint density at radius 3 is 2.43 bits per heavy atom. The number of hydrogen-bond acceptors (Lipinski definition) is 3. The van der Waals surface area contributed by atoms with E-state index in [1.54, 1.807) is 24.3 Å². The molecule has 23 heavy (non-hydrogen) atoms. The van der Waals surface area contributed by atoms with Crippen molar-refractivity contribution in [3.8, 4) is 0 Å². The first-order valence-corrected chi connectivity index (χ1v) is 6.84. The lowest BCUT2D eigenvalue weighted by Crippen LogP contribution is -2.20. The molecule has 1 aromatic carbocycles. The van der Waals surface area contributed by atoms with Crippen LogP contribution in [0.25, 0.3) is 0 Å². The van der Waals surface area contributed by atoms with Gasteiger partial charge in [-0.05, 0) is 23.8 Å². The average Bonchev–Trinajstić information content (AvgIpc) is 2.48. The molecule has 0 radical (unpaired) electrons. The first-order chi connectivity index (χ1) is 10.8. The quantitative estimate of drug-likeness (QED) is 0.658. The van der Waals surface area contributed by atoms with Gasteiger partial charge in [-0.25, -0.2) is 10.4 Å². The third kappa shape index (κ3) is 4.67. The van der Waals surface area contributed by atoms with Crippen LogP contribution < -0.4 is 5.43 Å². The number of hydrogen-bond donors (Lipinski definition) is 1. The molecule has 0 saturated heterocycles. The molecule has 0 aliphatic carbocycles. The third-order valence-electron chi connectivity index (χ3n) is 2.63. The first kappa shape index (κ1) is 17.2. The number of nitrogens with zero attached hydrogens (tertiary/aromatic N) is 2. The highest BCUT2D eigenvalue weighted by Crippen LogP contribution is 2.30. The van der Waals surface area contributed by atoms with Crippen molar-refractivity contribution in [3.63, 3.8) is 0 Å². The van der Waals surface area contributed by atoms with Crippen LogP contribution >= 0.6 is 23.2 Å². The largest absolute Gasteiger partial charge is 0.417 e. The molecule has 0 aliphatic heterocycles. The zero-order valence-electron chi connectivity index (χ0n) is 11.2. The van der Waals surface area contributed by atoms with E-state index < -0.39 is 22.7 Å². The molecule has 9 heteroatoms. The summed E-state index contributed by atoms with van der Waals surface area (Å²) in [5, 5.41) is 3.80. The molecular formula is C14H8Cl2F3N3O. The van der Waals surface area contributed by atoms with E-state index in [-0.39, 0.29) is 5.69 Å². The molecule has 1 amide bonds. The van der Waals surface area contributed by atoms with E-state index >= 15 is 0 Å². The summed E-state index contributed by atoms with van der Waals surface area (Å²) in [6, 6.07) is 7.24. The summed E-state index contributed by atoms with van der Waals surface area (Å²) in [6.07, 6.45) is -2.71. The maximum absolute atomic E-state index is 12.5. The van der Waals surface area contributed by atoms with Crippen LogP contribution in [0.15, 0.2) is 41.6 Å². The van der Waals surface area contributed by atoms with Crippen LogP contribution in [0.2, 0.25) is 10.0 Å². The van der Waals surface area contributed by atoms with Gasteiger partial charge in [0.25, 0.3) is 5.91 Å². The van der Waals surface area contributed by atoms with E-state index in [0.29, 0.717) is 22.8 Å². The molecule has 2 aromatic rings. The smallest absolute Gasteiger partial charge is 0.265 e. The number of aromatic nitrogens is 1. The number of alkyl halides is 3. The van der Waals surface area contributed by atoms with Crippen molar-refractivity contribution in [2.75, 3.05) is 0 Å². The van der Waals surface area contributed by atoms with Crippen molar-refractivity contribution in [2.45, 2.75) is 6.18 Å². The molecule has 120 valence electrons. The van der Waals surface area contributed by atoms with Crippen LogP contribution in [0.5, 0.6) is 0 Å². The number of hydrazone groups is 1. The second kappa shape index (κ2) is 6.97. The minimum atomic E-state index is -4.58. The molecule has 1 N–H and O–H groups in total. The second-order valence-corrected chi connectivity index (χ2v) is 5.15. The number of carbonyl (C=O) groups is 1. The number of amides is 1. The Labute approximate surface area is 138 Å². The van der Waals surface area contributed by atoms with Gasteiger partial charge >= 0.3 is 6.18 Å². The lowest BCUT2D eigenvalue weighted by Gasteiger charge is -2.08. The number of rotatable bonds is 3. The molecule has 1 heterocycles. The Morgan fingerprint density at radius 2 is 1.87 bits per heavy atom. The van der Waals surface area contributed by atoms with Crippen molar-refractivity contribution in [1.29, 1.82) is 0 Å². The predicted octanol–water partition coefficient (Wildman–Crippen LogP) is 4.17. The molecule has 0 atom stereocenters. The maximum atomic E-state index is 12.5. The molecule has 4 nitrogen and oxygen atoms in total. The summed E-state index contributed by atoms with van der Waals surface area (Å²) in [5.74, 6) is -0.825. The monoisotopic (exact) mass is 361 g/mol. The molecule has 2 rings (SSSR count). The molecular weight excluding hydrogens is 354 g/mol. The summed E-state index contributed by atoms with van der Waals surface area (Å²) in [6.45, 7) is 0. The minimum Gasteiger partial charge on any atom is -0.265 e. The second-order valence-electron chi connectivity index (χ2n) is 4.30. The Bertz CT molecular complexity index is 746. The normalized spacial score (nSPS) is 11.7.